The fourth-order valence-electron chi connectivity index (χ4n) is 0.788. The average Bonchev–Trinajstić information content (AvgIpc) is 2.02. The fourth-order valence-corrected chi connectivity index (χ4v) is 2.24. The Labute approximate surface area is 89.1 Å². The van der Waals surface area contributed by atoms with Crippen molar-refractivity contribution in [3.63, 3.8) is 0 Å². The van der Waals surface area contributed by atoms with Crippen LogP contribution in [-0.4, -0.2) is 8.42 Å². The van der Waals surface area contributed by atoms with Crippen LogP contribution in [-0.2, 0) is 15.6 Å². The molecule has 13 heavy (non-hydrogen) atoms. The van der Waals surface area contributed by atoms with Crippen LogP contribution in [0.5, 0.6) is 0 Å². The Morgan fingerprint density at radius 3 is 2.46 bits per heavy atom. The molecule has 0 bridgehead atoms. The summed E-state index contributed by atoms with van der Waals surface area (Å²) in [6, 6.07) is 3.73. The van der Waals surface area contributed by atoms with E-state index in [2.05, 4.69) is 15.9 Å². The van der Waals surface area contributed by atoms with Gasteiger partial charge in [0, 0.05) is 10.4 Å². The van der Waals surface area contributed by atoms with E-state index in [0.717, 1.165) is 6.07 Å². The van der Waals surface area contributed by atoms with Crippen LogP contribution in [0.15, 0.2) is 23.1 Å². The summed E-state index contributed by atoms with van der Waals surface area (Å²) < 4.78 is 33.3. The second-order valence-electron chi connectivity index (χ2n) is 2.32. The quantitative estimate of drug-likeness (QED) is 0.619. The molecule has 0 aliphatic carbocycles. The molecule has 0 saturated carbocycles. The van der Waals surface area contributed by atoms with Crippen LogP contribution < -0.4 is 0 Å². The Morgan fingerprint density at radius 2 is 2.08 bits per heavy atom. The Balaban J connectivity index is 3.26. The maximum Gasteiger partial charge on any atom is 0.332 e. The predicted molar refractivity (Wildman–Crippen MR) is 52.4 cm³/mol. The van der Waals surface area contributed by atoms with Crippen molar-refractivity contribution in [3.05, 3.63) is 28.8 Å². The Kier molecular flexibility index (Phi) is 3.32. The summed E-state index contributed by atoms with van der Waals surface area (Å²) in [7, 11) is -4.65. The second kappa shape index (κ2) is 3.94. The molecular formula is C7H5BrClFO2S. The molecule has 0 radical (unpaired) electrons. The van der Waals surface area contributed by atoms with Crippen molar-refractivity contribution in [2.45, 2.75) is 10.2 Å². The van der Waals surface area contributed by atoms with E-state index >= 15 is 0 Å². The van der Waals surface area contributed by atoms with Crippen molar-refractivity contribution in [2.75, 3.05) is 0 Å². The SMILES string of the molecule is O=S(=O)(F)c1ccc(CBr)c(Cl)c1. The van der Waals surface area contributed by atoms with E-state index < -0.39 is 15.1 Å². The van der Waals surface area contributed by atoms with Gasteiger partial charge in [-0.15, -0.1) is 3.89 Å². The van der Waals surface area contributed by atoms with Crippen molar-refractivity contribution in [1.29, 1.82) is 0 Å². The Morgan fingerprint density at radius 1 is 1.46 bits per heavy atom. The van der Waals surface area contributed by atoms with Crippen molar-refractivity contribution in [1.82, 2.24) is 0 Å². The molecule has 0 heterocycles. The molecule has 0 aliphatic heterocycles. The molecule has 2 nitrogen and oxygen atoms in total. The minimum Gasteiger partial charge on any atom is -0.189 e. The Hall–Kier alpha value is -0.130. The van der Waals surface area contributed by atoms with Crippen LogP contribution in [0.25, 0.3) is 0 Å². The number of benzene rings is 1. The van der Waals surface area contributed by atoms with Crippen LogP contribution in [0, 0.1) is 0 Å². The molecule has 1 rings (SSSR count). The van der Waals surface area contributed by atoms with Gasteiger partial charge in [-0.1, -0.05) is 33.6 Å². The van der Waals surface area contributed by atoms with Gasteiger partial charge in [-0.25, -0.2) is 0 Å². The minimum atomic E-state index is -4.65. The minimum absolute atomic E-state index is 0.232. The number of hydrogen-bond donors (Lipinski definition) is 0. The summed E-state index contributed by atoms with van der Waals surface area (Å²) in [5, 5.41) is 0.730. The van der Waals surface area contributed by atoms with Gasteiger partial charge in [0.2, 0.25) is 0 Å². The lowest BCUT2D eigenvalue weighted by atomic mass is 10.2. The summed E-state index contributed by atoms with van der Waals surface area (Å²) in [6.07, 6.45) is 0. The summed E-state index contributed by atoms with van der Waals surface area (Å²) in [4.78, 5) is -0.415. The van der Waals surface area contributed by atoms with E-state index in [1.807, 2.05) is 0 Å². The van der Waals surface area contributed by atoms with Gasteiger partial charge in [0.25, 0.3) is 0 Å². The molecule has 1 aromatic carbocycles. The first-order chi connectivity index (χ1) is 5.95. The van der Waals surface area contributed by atoms with E-state index in [1.165, 1.54) is 12.1 Å². The van der Waals surface area contributed by atoms with Gasteiger partial charge >= 0.3 is 10.2 Å². The van der Waals surface area contributed by atoms with Crippen molar-refractivity contribution in [2.24, 2.45) is 0 Å². The topological polar surface area (TPSA) is 34.1 Å². The van der Waals surface area contributed by atoms with Gasteiger partial charge in [-0.3, -0.25) is 0 Å². The van der Waals surface area contributed by atoms with Gasteiger partial charge < -0.3 is 0 Å². The highest BCUT2D eigenvalue weighted by molar-refractivity contribution is 9.08. The highest BCUT2D eigenvalue weighted by Crippen LogP contribution is 2.23. The average molecular weight is 288 g/mol. The van der Waals surface area contributed by atoms with E-state index in [9.17, 15) is 12.3 Å². The maximum absolute atomic E-state index is 12.4. The number of alkyl halides is 1. The van der Waals surface area contributed by atoms with Gasteiger partial charge in [0.1, 0.15) is 0 Å². The third-order valence-corrected chi connectivity index (χ3v) is 3.22. The standard InChI is InChI=1S/C7H5BrClFO2S/c8-4-5-1-2-6(3-7(5)9)13(10,11)12/h1-3H,4H2. The smallest absolute Gasteiger partial charge is 0.189 e. The molecular weight excluding hydrogens is 282 g/mol. The first-order valence-electron chi connectivity index (χ1n) is 3.24. The molecule has 0 saturated heterocycles. The van der Waals surface area contributed by atoms with Gasteiger partial charge in [0.15, 0.2) is 0 Å². The fraction of sp³-hybridized carbons (Fsp3) is 0.143. The molecule has 0 atom stereocenters. The summed E-state index contributed by atoms with van der Waals surface area (Å²) in [6.45, 7) is 0. The van der Waals surface area contributed by atoms with Gasteiger partial charge in [-0.05, 0) is 17.7 Å². The van der Waals surface area contributed by atoms with E-state index in [-0.39, 0.29) is 5.02 Å². The molecule has 72 valence electrons. The highest BCUT2D eigenvalue weighted by Gasteiger charge is 2.13. The van der Waals surface area contributed by atoms with Crippen LogP contribution in [0.2, 0.25) is 5.02 Å². The number of hydrogen-bond acceptors (Lipinski definition) is 2. The zero-order chi connectivity index (χ0) is 10.1. The molecule has 0 aliphatic rings. The second-order valence-corrected chi connectivity index (χ2v) is 4.64. The third-order valence-electron chi connectivity index (χ3n) is 1.45. The first-order valence-corrected chi connectivity index (χ1v) is 6.12. The lowest BCUT2D eigenvalue weighted by Gasteiger charge is -2.00. The van der Waals surface area contributed by atoms with Crippen molar-refractivity contribution in [3.8, 4) is 0 Å². The summed E-state index contributed by atoms with van der Waals surface area (Å²) in [5.41, 5.74) is 0.717. The van der Waals surface area contributed by atoms with E-state index in [4.69, 9.17) is 11.6 Å². The lowest BCUT2D eigenvalue weighted by molar-refractivity contribution is 0.552. The Bertz CT molecular complexity index is 419. The first kappa shape index (κ1) is 10.9. The largest absolute Gasteiger partial charge is 0.332 e. The van der Waals surface area contributed by atoms with Gasteiger partial charge in [-0.2, -0.15) is 8.42 Å². The number of rotatable bonds is 2. The maximum atomic E-state index is 12.4. The highest BCUT2D eigenvalue weighted by atomic mass is 79.9. The van der Waals surface area contributed by atoms with Crippen molar-refractivity contribution >= 4 is 37.8 Å². The molecule has 6 heteroatoms. The van der Waals surface area contributed by atoms with Crippen LogP contribution in [0.4, 0.5) is 3.89 Å². The zero-order valence-electron chi connectivity index (χ0n) is 6.30. The zero-order valence-corrected chi connectivity index (χ0v) is 9.46. The summed E-state index contributed by atoms with van der Waals surface area (Å²) in [5.74, 6) is 0. The summed E-state index contributed by atoms with van der Waals surface area (Å²) >= 11 is 8.83. The van der Waals surface area contributed by atoms with Crippen LogP contribution in [0.3, 0.4) is 0 Å². The molecule has 0 fully saturated rings. The molecule has 0 spiro atoms. The molecule has 0 unspecified atom stereocenters. The number of halogens is 3. The predicted octanol–water partition coefficient (Wildman–Crippen LogP) is 2.89. The van der Waals surface area contributed by atoms with E-state index in [1.54, 1.807) is 0 Å². The normalized spacial score (nSPS) is 11.6. The van der Waals surface area contributed by atoms with Crippen molar-refractivity contribution < 1.29 is 12.3 Å². The third kappa shape index (κ3) is 2.65. The molecule has 0 aromatic heterocycles. The van der Waals surface area contributed by atoms with Gasteiger partial charge in [0.05, 0.1) is 4.90 Å². The van der Waals surface area contributed by atoms with Crippen LogP contribution >= 0.6 is 27.5 Å². The monoisotopic (exact) mass is 286 g/mol. The molecule has 0 N–H and O–H groups in total. The van der Waals surface area contributed by atoms with Crippen LogP contribution in [0.1, 0.15) is 5.56 Å². The molecule has 1 aromatic rings. The molecule has 0 amide bonds. The lowest BCUT2D eigenvalue weighted by Crippen LogP contribution is -1.92. The van der Waals surface area contributed by atoms with E-state index in [0.29, 0.717) is 10.9 Å².